The zero-order valence-corrected chi connectivity index (χ0v) is 8.60. The van der Waals surface area contributed by atoms with Crippen molar-refractivity contribution >= 4 is 0 Å². The van der Waals surface area contributed by atoms with E-state index in [0.717, 1.165) is 0 Å². The van der Waals surface area contributed by atoms with Crippen LogP contribution in [0.5, 0.6) is 0 Å². The Labute approximate surface area is 82.6 Å². The van der Waals surface area contributed by atoms with Gasteiger partial charge in [0.05, 0.1) is 6.10 Å². The number of nitrogens with two attached hydrogens (primary N) is 1. The van der Waals surface area contributed by atoms with Crippen LogP contribution >= 0.6 is 0 Å². The van der Waals surface area contributed by atoms with Gasteiger partial charge >= 0.3 is 6.18 Å². The zero-order valence-electron chi connectivity index (χ0n) is 8.60. The first-order chi connectivity index (χ1) is 6.35. The molecule has 5 heteroatoms. The number of hydrogen-bond acceptors (Lipinski definition) is 2. The topological polar surface area (TPSA) is 35.2 Å². The normalized spacial score (nSPS) is 16.7. The summed E-state index contributed by atoms with van der Waals surface area (Å²) in [7, 11) is 1.58. The fraction of sp³-hybridized carbons (Fsp3) is 1.00. The summed E-state index contributed by atoms with van der Waals surface area (Å²) in [6.45, 7) is 1.87. The third kappa shape index (κ3) is 8.31. The smallest absolute Gasteiger partial charge is 0.382 e. The molecular weight excluding hydrogens is 195 g/mol. The molecule has 0 aromatic carbocycles. The van der Waals surface area contributed by atoms with Crippen LogP contribution < -0.4 is 5.73 Å². The van der Waals surface area contributed by atoms with Crippen molar-refractivity contribution in [3.05, 3.63) is 0 Å². The SMILES string of the molecule is COC(C)CCC(N)CCC(F)(F)F. The number of methoxy groups -OCH3 is 1. The van der Waals surface area contributed by atoms with E-state index in [2.05, 4.69) is 0 Å². The average molecular weight is 213 g/mol. The molecular formula is C9H18F3NO. The third-order valence-electron chi connectivity index (χ3n) is 2.14. The summed E-state index contributed by atoms with van der Waals surface area (Å²) in [5, 5.41) is 0. The van der Waals surface area contributed by atoms with Crippen LogP contribution in [0, 0.1) is 0 Å². The first kappa shape index (κ1) is 13.7. The van der Waals surface area contributed by atoms with Crippen molar-refractivity contribution in [1.29, 1.82) is 0 Å². The first-order valence-corrected chi connectivity index (χ1v) is 4.70. The van der Waals surface area contributed by atoms with Crippen molar-refractivity contribution in [2.75, 3.05) is 7.11 Å². The molecule has 0 amide bonds. The number of halogens is 3. The Bertz CT molecular complexity index is 149. The van der Waals surface area contributed by atoms with Crippen LogP contribution in [0.4, 0.5) is 13.2 Å². The molecule has 0 aromatic heterocycles. The Morgan fingerprint density at radius 2 is 1.79 bits per heavy atom. The summed E-state index contributed by atoms with van der Waals surface area (Å²) < 4.78 is 40.4. The van der Waals surface area contributed by atoms with Gasteiger partial charge in [0.1, 0.15) is 0 Å². The molecule has 0 radical (unpaired) electrons. The highest BCUT2D eigenvalue weighted by Gasteiger charge is 2.27. The Balaban J connectivity index is 3.51. The van der Waals surface area contributed by atoms with Gasteiger partial charge in [0.15, 0.2) is 0 Å². The number of ether oxygens (including phenoxy) is 1. The van der Waals surface area contributed by atoms with Crippen LogP contribution in [0.15, 0.2) is 0 Å². The molecule has 0 aliphatic heterocycles. The summed E-state index contributed by atoms with van der Waals surface area (Å²) in [6.07, 6.45) is -3.55. The highest BCUT2D eigenvalue weighted by molar-refractivity contribution is 4.66. The fourth-order valence-corrected chi connectivity index (χ4v) is 1.06. The molecule has 0 rings (SSSR count). The van der Waals surface area contributed by atoms with E-state index in [1.54, 1.807) is 7.11 Å². The van der Waals surface area contributed by atoms with E-state index in [4.69, 9.17) is 10.5 Å². The van der Waals surface area contributed by atoms with Crippen LogP contribution in [0.3, 0.4) is 0 Å². The molecule has 2 N–H and O–H groups in total. The maximum atomic E-state index is 11.8. The van der Waals surface area contributed by atoms with Gasteiger partial charge in [-0.1, -0.05) is 0 Å². The molecule has 2 atom stereocenters. The van der Waals surface area contributed by atoms with Crippen molar-refractivity contribution in [3.63, 3.8) is 0 Å². The molecule has 2 nitrogen and oxygen atoms in total. The van der Waals surface area contributed by atoms with Gasteiger partial charge in [-0.15, -0.1) is 0 Å². The van der Waals surface area contributed by atoms with Crippen LogP contribution in [0.2, 0.25) is 0 Å². The van der Waals surface area contributed by atoms with Crippen molar-refractivity contribution in [1.82, 2.24) is 0 Å². The summed E-state index contributed by atoms with van der Waals surface area (Å²) in [4.78, 5) is 0. The highest BCUT2D eigenvalue weighted by atomic mass is 19.4. The van der Waals surface area contributed by atoms with Crippen LogP contribution in [0.25, 0.3) is 0 Å². The Morgan fingerprint density at radius 1 is 1.21 bits per heavy atom. The molecule has 0 aliphatic rings. The van der Waals surface area contributed by atoms with E-state index in [9.17, 15) is 13.2 Å². The van der Waals surface area contributed by atoms with Crippen molar-refractivity contribution in [2.24, 2.45) is 5.73 Å². The maximum Gasteiger partial charge on any atom is 0.389 e. The predicted molar refractivity (Wildman–Crippen MR) is 49.0 cm³/mol. The summed E-state index contributed by atoms with van der Waals surface area (Å²) in [5.74, 6) is 0. The molecule has 0 spiro atoms. The average Bonchev–Trinajstić information content (AvgIpc) is 2.09. The Morgan fingerprint density at radius 3 is 2.21 bits per heavy atom. The van der Waals surface area contributed by atoms with E-state index in [0.29, 0.717) is 12.8 Å². The summed E-state index contributed by atoms with van der Waals surface area (Å²) in [6, 6.07) is -0.380. The van der Waals surface area contributed by atoms with Crippen molar-refractivity contribution < 1.29 is 17.9 Å². The van der Waals surface area contributed by atoms with E-state index in [1.807, 2.05) is 6.92 Å². The second-order valence-electron chi connectivity index (χ2n) is 3.54. The third-order valence-corrected chi connectivity index (χ3v) is 2.14. The molecule has 0 bridgehead atoms. The summed E-state index contributed by atoms with van der Waals surface area (Å²) >= 11 is 0. The molecule has 0 heterocycles. The van der Waals surface area contributed by atoms with Gasteiger partial charge in [0, 0.05) is 19.6 Å². The number of alkyl halides is 3. The van der Waals surface area contributed by atoms with Crippen LogP contribution in [0.1, 0.15) is 32.6 Å². The number of rotatable bonds is 6. The van der Waals surface area contributed by atoms with Gasteiger partial charge in [-0.05, 0) is 26.2 Å². The molecule has 2 unspecified atom stereocenters. The Kier molecular flexibility index (Phi) is 6.11. The molecule has 0 saturated heterocycles. The number of hydrogen-bond donors (Lipinski definition) is 1. The largest absolute Gasteiger partial charge is 0.389 e. The lowest BCUT2D eigenvalue weighted by atomic mass is 10.0. The van der Waals surface area contributed by atoms with Crippen LogP contribution in [-0.2, 0) is 4.74 Å². The monoisotopic (exact) mass is 213 g/mol. The van der Waals surface area contributed by atoms with Gasteiger partial charge in [-0.25, -0.2) is 0 Å². The van der Waals surface area contributed by atoms with Crippen LogP contribution in [-0.4, -0.2) is 25.4 Å². The Hall–Kier alpha value is -0.290. The van der Waals surface area contributed by atoms with E-state index in [-0.39, 0.29) is 18.6 Å². The molecule has 0 aliphatic carbocycles. The lowest BCUT2D eigenvalue weighted by Crippen LogP contribution is -2.24. The standard InChI is InChI=1S/C9H18F3NO/c1-7(14-2)3-4-8(13)5-6-9(10,11)12/h7-8H,3-6,13H2,1-2H3. The van der Waals surface area contributed by atoms with Gasteiger partial charge in [-0.2, -0.15) is 13.2 Å². The van der Waals surface area contributed by atoms with Gasteiger partial charge in [-0.3, -0.25) is 0 Å². The molecule has 14 heavy (non-hydrogen) atoms. The van der Waals surface area contributed by atoms with E-state index >= 15 is 0 Å². The van der Waals surface area contributed by atoms with E-state index < -0.39 is 12.6 Å². The molecule has 0 saturated carbocycles. The minimum atomic E-state index is -4.09. The highest BCUT2D eigenvalue weighted by Crippen LogP contribution is 2.22. The zero-order chi connectivity index (χ0) is 11.2. The fourth-order valence-electron chi connectivity index (χ4n) is 1.06. The predicted octanol–water partition coefficient (Wildman–Crippen LogP) is 2.47. The minimum absolute atomic E-state index is 0.0000652. The van der Waals surface area contributed by atoms with Gasteiger partial charge < -0.3 is 10.5 Å². The van der Waals surface area contributed by atoms with Crippen molar-refractivity contribution in [3.8, 4) is 0 Å². The second-order valence-corrected chi connectivity index (χ2v) is 3.54. The second kappa shape index (κ2) is 6.24. The van der Waals surface area contributed by atoms with E-state index in [1.165, 1.54) is 0 Å². The first-order valence-electron chi connectivity index (χ1n) is 4.70. The minimum Gasteiger partial charge on any atom is -0.382 e. The molecule has 86 valence electrons. The maximum absolute atomic E-state index is 11.8. The van der Waals surface area contributed by atoms with Gasteiger partial charge in [0.25, 0.3) is 0 Å². The van der Waals surface area contributed by atoms with Gasteiger partial charge in [0.2, 0.25) is 0 Å². The van der Waals surface area contributed by atoms with Crippen molar-refractivity contribution in [2.45, 2.75) is 50.9 Å². The lowest BCUT2D eigenvalue weighted by molar-refractivity contribution is -0.136. The summed E-state index contributed by atoms with van der Waals surface area (Å²) in [5.41, 5.74) is 5.53. The lowest BCUT2D eigenvalue weighted by Gasteiger charge is -2.15. The molecule has 0 aromatic rings. The quantitative estimate of drug-likeness (QED) is 0.735. The molecule has 0 fully saturated rings.